The highest BCUT2D eigenvalue weighted by Gasteiger charge is 2.22. The molecule has 0 aliphatic carbocycles. The van der Waals surface area contributed by atoms with Crippen LogP contribution in [0.15, 0.2) is 54.6 Å². The molecule has 0 saturated carbocycles. The first-order valence-corrected chi connectivity index (χ1v) is 11.9. The van der Waals surface area contributed by atoms with Crippen LogP contribution in [0.4, 0.5) is 20.3 Å². The number of H-pyrrole nitrogens is 1. The van der Waals surface area contributed by atoms with E-state index in [0.29, 0.717) is 47.4 Å². The van der Waals surface area contributed by atoms with E-state index in [1.54, 1.807) is 23.1 Å². The fourth-order valence-electron chi connectivity index (χ4n) is 4.48. The fraction of sp³-hybridized carbons (Fsp3) is 0.222. The van der Waals surface area contributed by atoms with Crippen molar-refractivity contribution in [3.8, 4) is 0 Å². The Balaban J connectivity index is 1.33. The van der Waals surface area contributed by atoms with Gasteiger partial charge in [0.1, 0.15) is 11.6 Å². The van der Waals surface area contributed by atoms with E-state index in [4.69, 9.17) is 5.73 Å². The van der Waals surface area contributed by atoms with Crippen LogP contribution in [0.2, 0.25) is 0 Å². The Hall–Kier alpha value is -4.31. The van der Waals surface area contributed by atoms with Gasteiger partial charge in [0.05, 0.1) is 11.1 Å². The van der Waals surface area contributed by atoms with E-state index >= 15 is 0 Å². The van der Waals surface area contributed by atoms with Gasteiger partial charge < -0.3 is 20.9 Å². The molecule has 0 radical (unpaired) electrons. The highest BCUT2D eigenvalue weighted by molar-refractivity contribution is 6.11. The number of hydrogen-bond donors (Lipinski definition) is 3. The molecule has 10 heteroatoms. The Morgan fingerprint density at radius 3 is 2.41 bits per heavy atom. The van der Waals surface area contributed by atoms with Gasteiger partial charge >= 0.3 is 0 Å². The third-order valence-electron chi connectivity index (χ3n) is 6.52. The lowest BCUT2D eigenvalue weighted by molar-refractivity contribution is 0.0664. The predicted molar refractivity (Wildman–Crippen MR) is 137 cm³/mol. The molecule has 37 heavy (non-hydrogen) atoms. The molecule has 1 aromatic heterocycles. The van der Waals surface area contributed by atoms with Gasteiger partial charge in [-0.2, -0.15) is 5.10 Å². The summed E-state index contributed by atoms with van der Waals surface area (Å²) in [6.45, 7) is 2.89. The molecule has 5 rings (SSSR count). The van der Waals surface area contributed by atoms with Gasteiger partial charge in [-0.15, -0.1) is 0 Å². The minimum absolute atomic E-state index is 0.115. The number of nitrogen functional groups attached to an aromatic ring is 1. The lowest BCUT2D eigenvalue weighted by atomic mass is 10.0. The number of carbonyl (C=O) groups is 2. The number of likely N-dealkylation sites (N-methyl/N-ethyl adjacent to an activating group) is 1. The molecule has 2 heterocycles. The van der Waals surface area contributed by atoms with Crippen LogP contribution in [-0.2, 0) is 6.42 Å². The highest BCUT2D eigenvalue weighted by Crippen LogP contribution is 2.25. The number of rotatable bonds is 5. The number of amides is 2. The van der Waals surface area contributed by atoms with Crippen molar-refractivity contribution in [1.29, 1.82) is 0 Å². The summed E-state index contributed by atoms with van der Waals surface area (Å²) in [5.74, 6) is -1.57. The first kappa shape index (κ1) is 24.4. The molecule has 0 atom stereocenters. The summed E-state index contributed by atoms with van der Waals surface area (Å²) in [6.07, 6.45) is 0.304. The fourth-order valence-corrected chi connectivity index (χ4v) is 4.48. The van der Waals surface area contributed by atoms with Crippen LogP contribution in [0.1, 0.15) is 31.8 Å². The van der Waals surface area contributed by atoms with Crippen molar-refractivity contribution in [2.75, 3.05) is 44.3 Å². The molecule has 4 aromatic rings. The molecule has 1 fully saturated rings. The molecule has 2 amide bonds. The number of aromatic nitrogens is 2. The molecule has 1 aliphatic rings. The molecule has 3 aromatic carbocycles. The summed E-state index contributed by atoms with van der Waals surface area (Å²) in [5.41, 5.74) is 8.97. The molecule has 1 aliphatic heterocycles. The largest absolute Gasteiger partial charge is 0.398 e. The van der Waals surface area contributed by atoms with Crippen molar-refractivity contribution in [1.82, 2.24) is 20.0 Å². The smallest absolute Gasteiger partial charge is 0.258 e. The van der Waals surface area contributed by atoms with Gasteiger partial charge in [0.25, 0.3) is 11.8 Å². The summed E-state index contributed by atoms with van der Waals surface area (Å²) in [5, 5.41) is 10.5. The second-order valence-corrected chi connectivity index (χ2v) is 9.26. The third-order valence-corrected chi connectivity index (χ3v) is 6.52. The van der Waals surface area contributed by atoms with E-state index in [-0.39, 0.29) is 17.2 Å². The maximum atomic E-state index is 13.6. The SMILES string of the molecule is CN1CCN(C(=O)c2ccc(C(=O)Nc3n[nH]c4ccc(Cc5cc(F)cc(F)c5)cc34)c(N)c2)CC1. The number of piperazine rings is 1. The zero-order chi connectivity index (χ0) is 26.1. The maximum absolute atomic E-state index is 13.6. The lowest BCUT2D eigenvalue weighted by Crippen LogP contribution is -2.47. The molecular formula is C27H26F2N6O2. The maximum Gasteiger partial charge on any atom is 0.258 e. The first-order chi connectivity index (χ1) is 17.8. The van der Waals surface area contributed by atoms with Gasteiger partial charge in [-0.25, -0.2) is 8.78 Å². The number of benzene rings is 3. The summed E-state index contributed by atoms with van der Waals surface area (Å²) in [6, 6.07) is 13.5. The topological polar surface area (TPSA) is 107 Å². The Bertz CT molecular complexity index is 1470. The highest BCUT2D eigenvalue weighted by atomic mass is 19.1. The number of nitrogens with one attached hydrogen (secondary N) is 2. The predicted octanol–water partition coefficient (Wildman–Crippen LogP) is 3.65. The van der Waals surface area contributed by atoms with Crippen molar-refractivity contribution in [2.24, 2.45) is 0 Å². The number of nitrogens with two attached hydrogens (primary N) is 1. The monoisotopic (exact) mass is 504 g/mol. The summed E-state index contributed by atoms with van der Waals surface area (Å²) in [4.78, 5) is 29.8. The van der Waals surface area contributed by atoms with Crippen LogP contribution in [0.3, 0.4) is 0 Å². The molecule has 190 valence electrons. The summed E-state index contributed by atoms with van der Waals surface area (Å²) in [7, 11) is 2.02. The Morgan fingerprint density at radius 1 is 0.973 bits per heavy atom. The number of anilines is 2. The molecular weight excluding hydrogens is 478 g/mol. The Morgan fingerprint density at radius 2 is 1.70 bits per heavy atom. The van der Waals surface area contributed by atoms with Gasteiger partial charge in [0.15, 0.2) is 5.82 Å². The molecule has 0 bridgehead atoms. The van der Waals surface area contributed by atoms with Gasteiger partial charge in [-0.1, -0.05) is 6.07 Å². The second kappa shape index (κ2) is 9.98. The van der Waals surface area contributed by atoms with Gasteiger partial charge in [0, 0.05) is 48.9 Å². The van der Waals surface area contributed by atoms with E-state index in [2.05, 4.69) is 20.4 Å². The molecule has 0 unspecified atom stereocenters. The standard InChI is InChI=1S/C27H26F2N6O2/c1-34-6-8-35(9-7-34)27(37)18-3-4-21(23(30)14-18)26(36)31-25-22-13-16(2-5-24(22)32-33-25)10-17-11-19(28)15-20(29)12-17/h2-5,11-15H,6-10,30H2,1H3,(H2,31,32,33,36). The average Bonchev–Trinajstić information content (AvgIpc) is 3.25. The zero-order valence-corrected chi connectivity index (χ0v) is 20.2. The van der Waals surface area contributed by atoms with Crippen LogP contribution in [0.5, 0.6) is 0 Å². The molecule has 0 spiro atoms. The minimum Gasteiger partial charge on any atom is -0.398 e. The molecule has 4 N–H and O–H groups in total. The van der Waals surface area contributed by atoms with E-state index in [1.807, 2.05) is 13.1 Å². The van der Waals surface area contributed by atoms with Crippen molar-refractivity contribution in [2.45, 2.75) is 6.42 Å². The van der Waals surface area contributed by atoms with Gasteiger partial charge in [-0.05, 0) is 67.1 Å². The van der Waals surface area contributed by atoms with Crippen molar-refractivity contribution in [3.63, 3.8) is 0 Å². The second-order valence-electron chi connectivity index (χ2n) is 9.26. The number of nitrogens with zero attached hydrogens (tertiary/aromatic N) is 3. The average molecular weight is 505 g/mol. The van der Waals surface area contributed by atoms with Crippen LogP contribution in [0.25, 0.3) is 10.9 Å². The van der Waals surface area contributed by atoms with E-state index in [9.17, 15) is 18.4 Å². The van der Waals surface area contributed by atoms with E-state index in [0.717, 1.165) is 24.7 Å². The summed E-state index contributed by atoms with van der Waals surface area (Å²) >= 11 is 0. The molecule has 8 nitrogen and oxygen atoms in total. The number of halogens is 2. The number of carbonyl (C=O) groups excluding carboxylic acids is 2. The zero-order valence-electron chi connectivity index (χ0n) is 20.2. The van der Waals surface area contributed by atoms with E-state index < -0.39 is 17.5 Å². The van der Waals surface area contributed by atoms with Crippen LogP contribution >= 0.6 is 0 Å². The Labute approximate surface area is 212 Å². The minimum atomic E-state index is -0.638. The van der Waals surface area contributed by atoms with Crippen LogP contribution in [0, 0.1) is 11.6 Å². The molecule has 1 saturated heterocycles. The van der Waals surface area contributed by atoms with Gasteiger partial charge in [-0.3, -0.25) is 14.7 Å². The Kier molecular flexibility index (Phi) is 6.58. The summed E-state index contributed by atoms with van der Waals surface area (Å²) < 4.78 is 27.2. The van der Waals surface area contributed by atoms with Gasteiger partial charge in [0.2, 0.25) is 0 Å². The van der Waals surface area contributed by atoms with Crippen LogP contribution < -0.4 is 11.1 Å². The third kappa shape index (κ3) is 5.29. The quantitative estimate of drug-likeness (QED) is 0.360. The number of fused-ring (bicyclic) bond motifs is 1. The van der Waals surface area contributed by atoms with Crippen LogP contribution in [-0.4, -0.2) is 65.0 Å². The van der Waals surface area contributed by atoms with Crippen molar-refractivity contribution in [3.05, 3.63) is 88.5 Å². The number of hydrogen-bond acceptors (Lipinski definition) is 5. The lowest BCUT2D eigenvalue weighted by Gasteiger charge is -2.32. The normalized spacial score (nSPS) is 14.2. The first-order valence-electron chi connectivity index (χ1n) is 11.9. The van der Waals surface area contributed by atoms with E-state index in [1.165, 1.54) is 24.3 Å². The van der Waals surface area contributed by atoms with Crippen molar-refractivity contribution >= 4 is 34.2 Å². The van der Waals surface area contributed by atoms with Crippen molar-refractivity contribution < 1.29 is 18.4 Å². The number of aromatic amines is 1.